The number of nitrogens with zero attached hydrogens (tertiary/aromatic N) is 2. The van der Waals surface area contributed by atoms with E-state index in [1.807, 2.05) is 0 Å². The van der Waals surface area contributed by atoms with Crippen molar-refractivity contribution in [2.75, 3.05) is 0 Å². The molecule has 3 aromatic rings. The van der Waals surface area contributed by atoms with Crippen LogP contribution in [0.25, 0.3) is 10.1 Å². The highest BCUT2D eigenvalue weighted by Gasteiger charge is 2.20. The average Bonchev–Trinajstić information content (AvgIpc) is 2.86. The summed E-state index contributed by atoms with van der Waals surface area (Å²) in [6.07, 6.45) is 4.72. The highest BCUT2D eigenvalue weighted by molar-refractivity contribution is 7.98. The largest absolute Gasteiger partial charge is 0.477 e. The van der Waals surface area contributed by atoms with Gasteiger partial charge in [-0.1, -0.05) is 6.07 Å². The second-order valence-corrected chi connectivity index (χ2v) is 6.21. The molecule has 0 bridgehead atoms. The lowest BCUT2D eigenvalue weighted by atomic mass is 10.1. The molecule has 3 rings (SSSR count). The fraction of sp³-hybridized carbons (Fsp3) is 0.0714. The third-order valence-electron chi connectivity index (χ3n) is 2.86. The zero-order valence-corrected chi connectivity index (χ0v) is 12.2. The molecule has 0 aliphatic heterocycles. The van der Waals surface area contributed by atoms with E-state index in [2.05, 4.69) is 9.97 Å². The summed E-state index contributed by atoms with van der Waals surface area (Å²) in [6, 6.07) is 4.66. The molecule has 0 radical (unpaired) electrons. The minimum atomic E-state index is -1.04. The Hall–Kier alpha value is -1.99. The van der Waals surface area contributed by atoms with E-state index >= 15 is 0 Å². The van der Waals surface area contributed by atoms with Crippen LogP contribution in [0.1, 0.15) is 15.2 Å². The molecular weight excluding hydrogens is 311 g/mol. The van der Waals surface area contributed by atoms with Gasteiger partial charge in [0.15, 0.2) is 0 Å². The lowest BCUT2D eigenvalue weighted by Crippen LogP contribution is -1.97. The van der Waals surface area contributed by atoms with E-state index in [1.165, 1.54) is 17.8 Å². The van der Waals surface area contributed by atoms with Gasteiger partial charge in [0.2, 0.25) is 0 Å². The quantitative estimate of drug-likeness (QED) is 0.740. The van der Waals surface area contributed by atoms with Gasteiger partial charge >= 0.3 is 5.97 Å². The first-order valence-electron chi connectivity index (χ1n) is 5.99. The average molecular weight is 320 g/mol. The summed E-state index contributed by atoms with van der Waals surface area (Å²) in [5.74, 6) is -1.10. The lowest BCUT2D eigenvalue weighted by Gasteiger charge is -2.02. The van der Waals surface area contributed by atoms with Crippen LogP contribution in [0, 0.1) is 5.82 Å². The van der Waals surface area contributed by atoms with E-state index < -0.39 is 11.8 Å². The van der Waals surface area contributed by atoms with Gasteiger partial charge in [-0.15, -0.1) is 23.1 Å². The van der Waals surface area contributed by atoms with Crippen molar-refractivity contribution in [3.05, 3.63) is 53.0 Å². The molecule has 0 amide bonds. The van der Waals surface area contributed by atoms with E-state index in [-0.39, 0.29) is 4.88 Å². The van der Waals surface area contributed by atoms with Gasteiger partial charge in [0.25, 0.3) is 0 Å². The van der Waals surface area contributed by atoms with Gasteiger partial charge < -0.3 is 5.11 Å². The Morgan fingerprint density at radius 2 is 2.24 bits per heavy atom. The van der Waals surface area contributed by atoms with Crippen molar-refractivity contribution in [2.45, 2.75) is 10.8 Å². The van der Waals surface area contributed by atoms with Crippen molar-refractivity contribution in [1.29, 1.82) is 0 Å². The number of benzene rings is 1. The minimum absolute atomic E-state index is 0.173. The van der Waals surface area contributed by atoms with Crippen molar-refractivity contribution in [3.63, 3.8) is 0 Å². The number of rotatable bonds is 4. The van der Waals surface area contributed by atoms with Crippen LogP contribution in [-0.2, 0) is 5.75 Å². The predicted molar refractivity (Wildman–Crippen MR) is 80.3 cm³/mol. The van der Waals surface area contributed by atoms with Crippen LogP contribution in [0.2, 0.25) is 0 Å². The molecular formula is C14H9FN2O2S2. The molecule has 1 aromatic carbocycles. The number of fused-ring (bicyclic) bond motifs is 1. The van der Waals surface area contributed by atoms with Crippen LogP contribution in [-0.4, -0.2) is 21.0 Å². The fourth-order valence-corrected chi connectivity index (χ4v) is 4.00. The Labute approximate surface area is 127 Å². The van der Waals surface area contributed by atoms with E-state index in [0.717, 1.165) is 11.3 Å². The Morgan fingerprint density at radius 1 is 1.38 bits per heavy atom. The third-order valence-corrected chi connectivity index (χ3v) is 4.99. The fourth-order valence-electron chi connectivity index (χ4n) is 1.98. The molecule has 2 heterocycles. The first-order chi connectivity index (χ1) is 10.2. The number of halogens is 1. The number of carboxylic acids is 1. The number of thiophene rings is 1. The Morgan fingerprint density at radius 3 is 2.95 bits per heavy atom. The lowest BCUT2D eigenvalue weighted by molar-refractivity contribution is 0.0701. The molecule has 0 spiro atoms. The predicted octanol–water partition coefficient (Wildman–Crippen LogP) is 3.82. The van der Waals surface area contributed by atoms with E-state index in [1.54, 1.807) is 30.7 Å². The zero-order chi connectivity index (χ0) is 14.8. The minimum Gasteiger partial charge on any atom is -0.477 e. The SMILES string of the molecule is O=C(O)c1sc2cccc(F)c2c1CSc1cnccn1. The van der Waals surface area contributed by atoms with E-state index in [9.17, 15) is 14.3 Å². The van der Waals surface area contributed by atoms with Gasteiger partial charge in [-0.3, -0.25) is 4.98 Å². The summed E-state index contributed by atoms with van der Waals surface area (Å²) < 4.78 is 14.7. The molecule has 0 saturated carbocycles. The smallest absolute Gasteiger partial charge is 0.346 e. The Bertz CT molecular complexity index is 805. The molecule has 7 heteroatoms. The molecule has 2 aromatic heterocycles. The van der Waals surface area contributed by atoms with Gasteiger partial charge in [0.1, 0.15) is 15.7 Å². The number of hydrogen-bond acceptors (Lipinski definition) is 5. The summed E-state index contributed by atoms with van der Waals surface area (Å²) in [5, 5.41) is 10.4. The molecule has 106 valence electrons. The van der Waals surface area contributed by atoms with Crippen LogP contribution in [0.5, 0.6) is 0 Å². The standard InChI is InChI=1S/C14H9FN2O2S2/c15-9-2-1-3-10-12(9)8(13(21-10)14(18)19)7-20-11-6-16-4-5-17-11/h1-6H,7H2,(H,18,19). The molecule has 0 aliphatic rings. The van der Waals surface area contributed by atoms with Crippen molar-refractivity contribution in [1.82, 2.24) is 9.97 Å². The highest BCUT2D eigenvalue weighted by atomic mass is 32.2. The number of aromatic nitrogens is 2. The van der Waals surface area contributed by atoms with Crippen molar-refractivity contribution in [2.24, 2.45) is 0 Å². The number of carboxylic acid groups (broad SMARTS) is 1. The second kappa shape index (κ2) is 5.79. The van der Waals surface area contributed by atoms with Gasteiger partial charge in [-0.05, 0) is 17.7 Å². The molecule has 0 aliphatic carbocycles. The van der Waals surface area contributed by atoms with Crippen molar-refractivity contribution in [3.8, 4) is 0 Å². The van der Waals surface area contributed by atoms with Gasteiger partial charge in [0.05, 0.1) is 6.20 Å². The molecule has 21 heavy (non-hydrogen) atoms. The van der Waals surface area contributed by atoms with Gasteiger partial charge in [-0.25, -0.2) is 14.2 Å². The monoisotopic (exact) mass is 320 g/mol. The van der Waals surface area contributed by atoms with E-state index in [0.29, 0.717) is 26.4 Å². The molecule has 4 nitrogen and oxygen atoms in total. The molecule has 0 atom stereocenters. The summed E-state index contributed by atoms with van der Waals surface area (Å²) in [5.41, 5.74) is 0.497. The second-order valence-electron chi connectivity index (χ2n) is 4.16. The summed E-state index contributed by atoms with van der Waals surface area (Å²) >= 11 is 2.43. The topological polar surface area (TPSA) is 63.1 Å². The Kier molecular flexibility index (Phi) is 3.85. The maximum Gasteiger partial charge on any atom is 0.346 e. The highest BCUT2D eigenvalue weighted by Crippen LogP contribution is 2.36. The Balaban J connectivity index is 2.03. The molecule has 0 saturated heterocycles. The van der Waals surface area contributed by atoms with Crippen molar-refractivity contribution < 1.29 is 14.3 Å². The van der Waals surface area contributed by atoms with Crippen LogP contribution >= 0.6 is 23.1 Å². The first kappa shape index (κ1) is 14.0. The van der Waals surface area contributed by atoms with Crippen LogP contribution in [0.3, 0.4) is 0 Å². The van der Waals surface area contributed by atoms with Crippen LogP contribution in [0.4, 0.5) is 4.39 Å². The number of hydrogen-bond donors (Lipinski definition) is 1. The number of aromatic carboxylic acids is 1. The first-order valence-corrected chi connectivity index (χ1v) is 7.79. The number of thioether (sulfide) groups is 1. The van der Waals surface area contributed by atoms with E-state index in [4.69, 9.17) is 0 Å². The molecule has 0 unspecified atom stereocenters. The van der Waals surface area contributed by atoms with Crippen LogP contribution < -0.4 is 0 Å². The third kappa shape index (κ3) is 2.74. The zero-order valence-electron chi connectivity index (χ0n) is 10.6. The van der Waals surface area contributed by atoms with Gasteiger partial charge in [-0.2, -0.15) is 0 Å². The van der Waals surface area contributed by atoms with Crippen molar-refractivity contribution >= 4 is 39.2 Å². The maximum atomic E-state index is 14.0. The molecule has 0 fully saturated rings. The normalized spacial score (nSPS) is 10.9. The summed E-state index contributed by atoms with van der Waals surface area (Å²) in [4.78, 5) is 19.6. The summed E-state index contributed by atoms with van der Waals surface area (Å²) in [7, 11) is 0. The number of carbonyl (C=O) groups is 1. The summed E-state index contributed by atoms with van der Waals surface area (Å²) in [6.45, 7) is 0. The maximum absolute atomic E-state index is 14.0. The van der Waals surface area contributed by atoms with Gasteiger partial charge in [0, 0.05) is 28.2 Å². The van der Waals surface area contributed by atoms with Crippen LogP contribution in [0.15, 0.2) is 41.8 Å². The molecule has 1 N–H and O–H groups in total.